The number of carbonyl (C=O) groups is 2. The molecule has 0 saturated heterocycles. The number of amides is 1. The number of carbonyl (C=O) groups excluding carboxylic acids is 2. The lowest BCUT2D eigenvalue weighted by atomic mass is 10.1. The normalized spacial score (nSPS) is 11.6. The Labute approximate surface area is 167 Å². The largest absolute Gasteiger partial charge is 0.479 e. The van der Waals surface area contributed by atoms with Crippen LogP contribution in [0.5, 0.6) is 5.75 Å². The molecule has 150 valence electrons. The first kappa shape index (κ1) is 21.5. The van der Waals surface area contributed by atoms with Crippen LogP contribution in [-0.2, 0) is 9.53 Å². The molecule has 0 unspecified atom stereocenters. The van der Waals surface area contributed by atoms with Crippen LogP contribution in [0.1, 0.15) is 54.6 Å². The second-order valence-electron chi connectivity index (χ2n) is 6.86. The molecule has 0 spiro atoms. The molecule has 1 N–H and O–H groups in total. The topological polar surface area (TPSA) is 64.6 Å². The molecule has 2 aromatic rings. The first-order valence-corrected chi connectivity index (χ1v) is 9.73. The van der Waals surface area contributed by atoms with Crippen molar-refractivity contribution >= 4 is 17.6 Å². The summed E-state index contributed by atoms with van der Waals surface area (Å²) in [6, 6.07) is 12.5. The zero-order chi connectivity index (χ0) is 20.5. The molecule has 0 heterocycles. The number of hydrogen-bond acceptors (Lipinski definition) is 4. The van der Waals surface area contributed by atoms with Gasteiger partial charge >= 0.3 is 5.97 Å². The Bertz CT molecular complexity index is 799. The third-order valence-corrected chi connectivity index (χ3v) is 4.61. The number of benzene rings is 2. The van der Waals surface area contributed by atoms with E-state index in [2.05, 4.69) is 12.2 Å². The lowest BCUT2D eigenvalue weighted by Crippen LogP contribution is -2.26. The minimum atomic E-state index is -0.698. The lowest BCUT2D eigenvalue weighted by molar-refractivity contribution is -0.151. The Morgan fingerprint density at radius 1 is 1.04 bits per heavy atom. The fourth-order valence-electron chi connectivity index (χ4n) is 2.66. The quantitative estimate of drug-likeness (QED) is 0.486. The Hall–Kier alpha value is -2.82. The van der Waals surface area contributed by atoms with Crippen LogP contribution >= 0.6 is 0 Å². The average molecular weight is 383 g/mol. The third-order valence-electron chi connectivity index (χ3n) is 4.61. The maximum atomic E-state index is 12.5. The van der Waals surface area contributed by atoms with Gasteiger partial charge in [0.05, 0.1) is 6.61 Å². The van der Waals surface area contributed by atoms with Gasteiger partial charge in [0.15, 0.2) is 6.10 Å². The molecule has 2 aromatic carbocycles. The zero-order valence-corrected chi connectivity index (χ0v) is 17.1. The van der Waals surface area contributed by atoms with E-state index in [4.69, 9.17) is 9.47 Å². The van der Waals surface area contributed by atoms with Gasteiger partial charge in [0.25, 0.3) is 5.91 Å². The van der Waals surface area contributed by atoms with Crippen LogP contribution in [0.25, 0.3) is 0 Å². The van der Waals surface area contributed by atoms with Crippen LogP contribution in [0.3, 0.4) is 0 Å². The monoisotopic (exact) mass is 383 g/mol. The molecule has 5 heteroatoms. The number of unbranched alkanes of at least 4 members (excludes halogenated alkanes) is 2. The van der Waals surface area contributed by atoms with Crippen molar-refractivity contribution in [2.75, 3.05) is 11.9 Å². The molecule has 0 saturated carbocycles. The molecule has 0 aliphatic carbocycles. The van der Waals surface area contributed by atoms with Crippen molar-refractivity contribution < 1.29 is 19.1 Å². The van der Waals surface area contributed by atoms with Crippen molar-refractivity contribution in [2.24, 2.45) is 0 Å². The van der Waals surface area contributed by atoms with Crippen LogP contribution in [0.15, 0.2) is 42.5 Å². The molecule has 0 aliphatic heterocycles. The predicted octanol–water partition coefficient (Wildman–Crippen LogP) is 5.06. The van der Waals surface area contributed by atoms with Crippen LogP contribution in [0.4, 0.5) is 5.69 Å². The fraction of sp³-hybridized carbons (Fsp3) is 0.391. The molecule has 0 radical (unpaired) electrons. The summed E-state index contributed by atoms with van der Waals surface area (Å²) in [5, 5.41) is 2.93. The Kier molecular flexibility index (Phi) is 8.05. The maximum Gasteiger partial charge on any atom is 0.347 e. The van der Waals surface area contributed by atoms with E-state index in [0.717, 1.165) is 36.1 Å². The van der Waals surface area contributed by atoms with E-state index in [-0.39, 0.29) is 11.9 Å². The fourth-order valence-corrected chi connectivity index (χ4v) is 2.66. The number of ether oxygens (including phenoxy) is 2. The summed E-state index contributed by atoms with van der Waals surface area (Å²) in [5.74, 6) is -0.0576. The van der Waals surface area contributed by atoms with Gasteiger partial charge in [-0.3, -0.25) is 4.79 Å². The Morgan fingerprint density at radius 3 is 2.43 bits per heavy atom. The van der Waals surface area contributed by atoms with Gasteiger partial charge in [-0.2, -0.15) is 0 Å². The van der Waals surface area contributed by atoms with Gasteiger partial charge in [-0.1, -0.05) is 31.9 Å². The van der Waals surface area contributed by atoms with Crippen LogP contribution < -0.4 is 10.1 Å². The van der Waals surface area contributed by atoms with E-state index in [9.17, 15) is 9.59 Å². The second kappa shape index (κ2) is 10.5. The molecule has 0 bridgehead atoms. The van der Waals surface area contributed by atoms with Crippen molar-refractivity contribution in [3.05, 3.63) is 59.2 Å². The molecular formula is C23H29NO4. The summed E-state index contributed by atoms with van der Waals surface area (Å²) < 4.78 is 10.8. The summed E-state index contributed by atoms with van der Waals surface area (Å²) in [5.41, 5.74) is 3.48. The number of rotatable bonds is 9. The summed E-state index contributed by atoms with van der Waals surface area (Å²) >= 11 is 0. The molecule has 2 rings (SSSR count). The average Bonchev–Trinajstić information content (AvgIpc) is 2.69. The Morgan fingerprint density at radius 2 is 1.75 bits per heavy atom. The first-order valence-electron chi connectivity index (χ1n) is 9.73. The molecule has 1 atom stereocenters. The van der Waals surface area contributed by atoms with E-state index < -0.39 is 6.10 Å². The smallest absolute Gasteiger partial charge is 0.347 e. The van der Waals surface area contributed by atoms with Crippen LogP contribution in [-0.4, -0.2) is 24.6 Å². The highest BCUT2D eigenvalue weighted by Crippen LogP contribution is 2.20. The minimum Gasteiger partial charge on any atom is -0.479 e. The van der Waals surface area contributed by atoms with Gasteiger partial charge in [-0.25, -0.2) is 4.79 Å². The van der Waals surface area contributed by atoms with Gasteiger partial charge in [0.1, 0.15) is 5.75 Å². The predicted molar refractivity (Wildman–Crippen MR) is 111 cm³/mol. The molecular weight excluding hydrogens is 354 g/mol. The molecule has 0 fully saturated rings. The van der Waals surface area contributed by atoms with E-state index >= 15 is 0 Å². The van der Waals surface area contributed by atoms with Crippen molar-refractivity contribution in [2.45, 2.75) is 53.1 Å². The Balaban J connectivity index is 1.91. The van der Waals surface area contributed by atoms with E-state index in [1.807, 2.05) is 32.0 Å². The van der Waals surface area contributed by atoms with E-state index in [0.29, 0.717) is 17.9 Å². The number of nitrogens with one attached hydrogen (secondary N) is 1. The third kappa shape index (κ3) is 6.12. The molecule has 1 amide bonds. The van der Waals surface area contributed by atoms with Crippen molar-refractivity contribution in [3.8, 4) is 5.75 Å². The van der Waals surface area contributed by atoms with Gasteiger partial charge in [0.2, 0.25) is 0 Å². The maximum absolute atomic E-state index is 12.5. The van der Waals surface area contributed by atoms with E-state index in [1.165, 1.54) is 0 Å². The van der Waals surface area contributed by atoms with Gasteiger partial charge in [0, 0.05) is 11.3 Å². The van der Waals surface area contributed by atoms with Crippen molar-refractivity contribution in [1.29, 1.82) is 0 Å². The molecule has 0 aromatic heterocycles. The highest BCUT2D eigenvalue weighted by atomic mass is 16.6. The molecule has 0 aliphatic rings. The zero-order valence-electron chi connectivity index (χ0n) is 17.1. The number of hydrogen-bond donors (Lipinski definition) is 1. The van der Waals surface area contributed by atoms with Crippen molar-refractivity contribution in [1.82, 2.24) is 0 Å². The standard InChI is InChI=1S/C23H29NO4/c1-5-6-7-15-27-23(26)18(4)28-20-13-11-19(12-14-20)22(25)24-21-10-8-9-16(2)17(21)3/h8-14,18H,5-7,15H2,1-4H3,(H,24,25)/t18-/m0/s1. The second-order valence-corrected chi connectivity index (χ2v) is 6.86. The van der Waals surface area contributed by atoms with Crippen molar-refractivity contribution in [3.63, 3.8) is 0 Å². The molecule has 28 heavy (non-hydrogen) atoms. The SMILES string of the molecule is CCCCCOC(=O)[C@H](C)Oc1ccc(C(=O)Nc2cccc(C)c2C)cc1. The first-order chi connectivity index (χ1) is 13.4. The number of anilines is 1. The molecule has 5 nitrogen and oxygen atoms in total. The summed E-state index contributed by atoms with van der Waals surface area (Å²) in [7, 11) is 0. The summed E-state index contributed by atoms with van der Waals surface area (Å²) in [4.78, 5) is 24.4. The van der Waals surface area contributed by atoms with E-state index in [1.54, 1.807) is 31.2 Å². The summed E-state index contributed by atoms with van der Waals surface area (Å²) in [6.07, 6.45) is 2.27. The van der Waals surface area contributed by atoms with Gasteiger partial charge < -0.3 is 14.8 Å². The number of aryl methyl sites for hydroxylation is 1. The van der Waals surface area contributed by atoms with Gasteiger partial charge in [-0.05, 0) is 68.7 Å². The number of esters is 1. The lowest BCUT2D eigenvalue weighted by Gasteiger charge is -2.14. The summed E-state index contributed by atoms with van der Waals surface area (Å²) in [6.45, 7) is 8.15. The van der Waals surface area contributed by atoms with Gasteiger partial charge in [-0.15, -0.1) is 0 Å². The van der Waals surface area contributed by atoms with Crippen LogP contribution in [0, 0.1) is 13.8 Å². The minimum absolute atomic E-state index is 0.191. The highest BCUT2D eigenvalue weighted by Gasteiger charge is 2.16. The van der Waals surface area contributed by atoms with Crippen LogP contribution in [0.2, 0.25) is 0 Å². The highest BCUT2D eigenvalue weighted by molar-refractivity contribution is 6.04.